The first-order chi connectivity index (χ1) is 12.4. The van der Waals surface area contributed by atoms with Crippen LogP contribution in [0.25, 0.3) is 10.1 Å². The van der Waals surface area contributed by atoms with Crippen molar-refractivity contribution in [3.05, 3.63) is 69.8 Å². The second-order valence-electron chi connectivity index (χ2n) is 6.25. The fourth-order valence-electron chi connectivity index (χ4n) is 2.76. The molecule has 0 fully saturated rings. The van der Waals surface area contributed by atoms with Crippen LogP contribution in [-0.4, -0.2) is 30.8 Å². The number of hydrogen-bond acceptors (Lipinski definition) is 3. The van der Waals surface area contributed by atoms with Gasteiger partial charge in [-0.3, -0.25) is 9.59 Å². The van der Waals surface area contributed by atoms with Gasteiger partial charge in [-0.2, -0.15) is 0 Å². The third kappa shape index (κ3) is 3.46. The lowest BCUT2D eigenvalue weighted by Gasteiger charge is -2.10. The number of thiophene rings is 1. The summed E-state index contributed by atoms with van der Waals surface area (Å²) in [6, 6.07) is 12.0. The molecule has 0 aliphatic rings. The molecule has 4 nitrogen and oxygen atoms in total. The van der Waals surface area contributed by atoms with Crippen molar-refractivity contribution in [3.63, 3.8) is 0 Å². The third-order valence-electron chi connectivity index (χ3n) is 4.17. The van der Waals surface area contributed by atoms with Crippen LogP contribution < -0.4 is 5.32 Å². The molecule has 0 radical (unpaired) electrons. The molecule has 0 unspecified atom stereocenters. The van der Waals surface area contributed by atoms with Gasteiger partial charge in [0.25, 0.3) is 11.8 Å². The maximum absolute atomic E-state index is 14.0. The molecule has 0 aliphatic heterocycles. The number of carbonyl (C=O) groups is 2. The van der Waals surface area contributed by atoms with Gasteiger partial charge in [0.05, 0.1) is 4.88 Å². The maximum Gasteiger partial charge on any atom is 0.261 e. The summed E-state index contributed by atoms with van der Waals surface area (Å²) in [5.41, 5.74) is 2.15. The number of nitrogens with one attached hydrogen (secondary N) is 1. The van der Waals surface area contributed by atoms with Crippen LogP contribution in [0.4, 0.5) is 4.39 Å². The maximum atomic E-state index is 14.0. The number of carbonyl (C=O) groups excluding carboxylic acids is 2. The Morgan fingerprint density at radius 2 is 1.81 bits per heavy atom. The zero-order valence-electron chi connectivity index (χ0n) is 14.8. The molecule has 1 N–H and O–H groups in total. The van der Waals surface area contributed by atoms with Gasteiger partial charge in [-0.1, -0.05) is 18.2 Å². The highest BCUT2D eigenvalue weighted by Gasteiger charge is 2.17. The first kappa shape index (κ1) is 18.1. The molecule has 1 aromatic heterocycles. The van der Waals surface area contributed by atoms with E-state index in [1.807, 2.05) is 18.2 Å². The van der Waals surface area contributed by atoms with Gasteiger partial charge in [-0.05, 0) is 42.3 Å². The highest BCUT2D eigenvalue weighted by Crippen LogP contribution is 2.32. The van der Waals surface area contributed by atoms with Gasteiger partial charge < -0.3 is 10.2 Å². The largest absolute Gasteiger partial charge is 0.347 e. The predicted octanol–water partition coefficient (Wildman–Crippen LogP) is 3.98. The number of benzene rings is 2. The summed E-state index contributed by atoms with van der Waals surface area (Å²) in [7, 11) is 3.40. The number of fused-ring (bicyclic) bond motifs is 1. The third-order valence-corrected chi connectivity index (χ3v) is 5.43. The average molecular weight is 370 g/mol. The molecule has 3 aromatic rings. The van der Waals surface area contributed by atoms with E-state index in [-0.39, 0.29) is 17.6 Å². The van der Waals surface area contributed by atoms with E-state index >= 15 is 0 Å². The van der Waals surface area contributed by atoms with Gasteiger partial charge in [-0.15, -0.1) is 11.3 Å². The second-order valence-corrected chi connectivity index (χ2v) is 7.30. The SMILES string of the molecule is Cc1c(C(=O)NCc2ccc(C(=O)N(C)C)cc2)sc2cccc(F)c12. The molecule has 134 valence electrons. The first-order valence-electron chi connectivity index (χ1n) is 8.15. The Morgan fingerprint density at radius 1 is 1.12 bits per heavy atom. The van der Waals surface area contributed by atoms with Crippen molar-refractivity contribution in [1.82, 2.24) is 10.2 Å². The van der Waals surface area contributed by atoms with Gasteiger partial charge in [0.2, 0.25) is 0 Å². The minimum Gasteiger partial charge on any atom is -0.347 e. The minimum atomic E-state index is -0.309. The lowest BCUT2D eigenvalue weighted by Crippen LogP contribution is -2.23. The van der Waals surface area contributed by atoms with E-state index in [0.29, 0.717) is 27.9 Å². The summed E-state index contributed by atoms with van der Waals surface area (Å²) < 4.78 is 14.7. The van der Waals surface area contributed by atoms with E-state index in [9.17, 15) is 14.0 Å². The standard InChI is InChI=1S/C20H19FN2O2S/c1-12-17-15(21)5-4-6-16(17)26-18(12)19(24)22-11-13-7-9-14(10-8-13)20(25)23(2)3/h4-10H,11H2,1-3H3,(H,22,24). The van der Waals surface area contributed by atoms with E-state index in [0.717, 1.165) is 10.3 Å². The van der Waals surface area contributed by atoms with Crippen LogP contribution in [-0.2, 0) is 6.54 Å². The summed E-state index contributed by atoms with van der Waals surface area (Å²) in [5, 5.41) is 3.37. The smallest absolute Gasteiger partial charge is 0.261 e. The number of aryl methyl sites for hydroxylation is 1. The monoisotopic (exact) mass is 370 g/mol. The van der Waals surface area contributed by atoms with Crippen LogP contribution >= 0.6 is 11.3 Å². The van der Waals surface area contributed by atoms with Crippen molar-refractivity contribution in [2.24, 2.45) is 0 Å². The van der Waals surface area contributed by atoms with E-state index in [1.54, 1.807) is 39.2 Å². The average Bonchev–Trinajstić information content (AvgIpc) is 2.97. The molecule has 0 saturated heterocycles. The van der Waals surface area contributed by atoms with Gasteiger partial charge in [0.1, 0.15) is 5.82 Å². The highest BCUT2D eigenvalue weighted by molar-refractivity contribution is 7.21. The van der Waals surface area contributed by atoms with Crippen LogP contribution in [0.1, 0.15) is 31.2 Å². The molecule has 0 spiro atoms. The van der Waals surface area contributed by atoms with E-state index < -0.39 is 0 Å². The highest BCUT2D eigenvalue weighted by atomic mass is 32.1. The lowest BCUT2D eigenvalue weighted by atomic mass is 10.1. The van der Waals surface area contributed by atoms with Crippen molar-refractivity contribution in [3.8, 4) is 0 Å². The van der Waals surface area contributed by atoms with Crippen LogP contribution in [0, 0.1) is 12.7 Å². The molecule has 0 aliphatic carbocycles. The van der Waals surface area contributed by atoms with Gasteiger partial charge in [0.15, 0.2) is 0 Å². The van der Waals surface area contributed by atoms with Crippen molar-refractivity contribution < 1.29 is 14.0 Å². The Bertz CT molecular complexity index is 977. The molecule has 0 atom stereocenters. The van der Waals surface area contributed by atoms with E-state index in [2.05, 4.69) is 5.32 Å². The Labute approximate surface area is 155 Å². The molecule has 6 heteroatoms. The molecular formula is C20H19FN2O2S. The summed E-state index contributed by atoms with van der Waals surface area (Å²) in [5.74, 6) is -0.600. The molecule has 1 heterocycles. The first-order valence-corrected chi connectivity index (χ1v) is 8.96. The fourth-order valence-corrected chi connectivity index (χ4v) is 3.90. The van der Waals surface area contributed by atoms with Crippen molar-refractivity contribution in [2.75, 3.05) is 14.1 Å². The summed E-state index contributed by atoms with van der Waals surface area (Å²) in [6.45, 7) is 2.10. The Balaban J connectivity index is 1.72. The second kappa shape index (κ2) is 7.25. The van der Waals surface area contributed by atoms with E-state index in [4.69, 9.17) is 0 Å². The predicted molar refractivity (Wildman–Crippen MR) is 102 cm³/mol. The van der Waals surface area contributed by atoms with Gasteiger partial charge in [0, 0.05) is 36.3 Å². The molecule has 2 aromatic carbocycles. The van der Waals surface area contributed by atoms with Gasteiger partial charge >= 0.3 is 0 Å². The Morgan fingerprint density at radius 3 is 2.42 bits per heavy atom. The molecule has 0 saturated carbocycles. The number of nitrogens with zero attached hydrogens (tertiary/aromatic N) is 1. The molecule has 26 heavy (non-hydrogen) atoms. The molecule has 2 amide bonds. The number of hydrogen-bond donors (Lipinski definition) is 1. The Hall–Kier alpha value is -2.73. The molecule has 3 rings (SSSR count). The molecule has 0 bridgehead atoms. The number of rotatable bonds is 4. The zero-order valence-corrected chi connectivity index (χ0v) is 15.6. The van der Waals surface area contributed by atoms with E-state index in [1.165, 1.54) is 22.3 Å². The quantitative estimate of drug-likeness (QED) is 0.755. The van der Waals surface area contributed by atoms with Crippen LogP contribution in [0.15, 0.2) is 42.5 Å². The number of halogens is 1. The zero-order chi connectivity index (χ0) is 18.8. The summed E-state index contributed by atoms with van der Waals surface area (Å²) in [4.78, 5) is 26.4. The normalized spacial score (nSPS) is 10.8. The molecular weight excluding hydrogens is 351 g/mol. The number of amides is 2. The van der Waals surface area contributed by atoms with Crippen molar-refractivity contribution >= 4 is 33.2 Å². The Kier molecular flexibility index (Phi) is 5.04. The summed E-state index contributed by atoms with van der Waals surface area (Å²) >= 11 is 1.29. The topological polar surface area (TPSA) is 49.4 Å². The van der Waals surface area contributed by atoms with Crippen LogP contribution in [0.3, 0.4) is 0 Å². The van der Waals surface area contributed by atoms with Crippen LogP contribution in [0.2, 0.25) is 0 Å². The minimum absolute atomic E-state index is 0.0662. The van der Waals surface area contributed by atoms with Crippen molar-refractivity contribution in [2.45, 2.75) is 13.5 Å². The fraction of sp³-hybridized carbons (Fsp3) is 0.200. The van der Waals surface area contributed by atoms with Crippen LogP contribution in [0.5, 0.6) is 0 Å². The van der Waals surface area contributed by atoms with Gasteiger partial charge in [-0.25, -0.2) is 4.39 Å². The lowest BCUT2D eigenvalue weighted by molar-refractivity contribution is 0.0827. The van der Waals surface area contributed by atoms with Crippen molar-refractivity contribution in [1.29, 1.82) is 0 Å². The summed E-state index contributed by atoms with van der Waals surface area (Å²) in [6.07, 6.45) is 0.